The summed E-state index contributed by atoms with van der Waals surface area (Å²) in [5.41, 5.74) is 4.31. The van der Waals surface area contributed by atoms with Gasteiger partial charge in [0.15, 0.2) is 5.69 Å². The average molecular weight is 449 g/mol. The van der Waals surface area contributed by atoms with Gasteiger partial charge < -0.3 is 20.5 Å². The van der Waals surface area contributed by atoms with Crippen molar-refractivity contribution in [1.82, 2.24) is 25.6 Å². The first-order valence-electron chi connectivity index (χ1n) is 10.5. The maximum atomic E-state index is 12.3. The summed E-state index contributed by atoms with van der Waals surface area (Å²) in [6.07, 6.45) is 0.592. The van der Waals surface area contributed by atoms with Gasteiger partial charge in [0.25, 0.3) is 0 Å². The number of hydrogen-bond donors (Lipinski definition) is 3. The molecule has 170 valence electrons. The second-order valence-electron chi connectivity index (χ2n) is 7.65. The van der Waals surface area contributed by atoms with Crippen LogP contribution in [-0.2, 0) is 16.1 Å². The lowest BCUT2D eigenvalue weighted by atomic mass is 9.98. The molecule has 10 nitrogen and oxygen atoms in total. The van der Waals surface area contributed by atoms with Gasteiger partial charge in [0.1, 0.15) is 12.6 Å². The number of carbonyl (C=O) groups excluding carboxylic acids is 2. The molecule has 1 atom stereocenters. The first kappa shape index (κ1) is 22.0. The van der Waals surface area contributed by atoms with E-state index in [0.717, 1.165) is 22.3 Å². The fraction of sp³-hybridized carbons (Fsp3) is 0.261. The van der Waals surface area contributed by atoms with Crippen LogP contribution >= 0.6 is 0 Å². The third kappa shape index (κ3) is 4.84. The maximum absolute atomic E-state index is 12.3. The first-order valence-corrected chi connectivity index (χ1v) is 10.5. The number of ether oxygens (including phenoxy) is 1. The van der Waals surface area contributed by atoms with E-state index in [2.05, 4.69) is 33.1 Å². The summed E-state index contributed by atoms with van der Waals surface area (Å²) in [5, 5.41) is 21.2. The van der Waals surface area contributed by atoms with Crippen molar-refractivity contribution >= 4 is 18.0 Å². The van der Waals surface area contributed by atoms with Crippen LogP contribution in [0.15, 0.2) is 54.7 Å². The molecule has 0 saturated heterocycles. The highest BCUT2D eigenvalue weighted by molar-refractivity contribution is 5.85. The van der Waals surface area contributed by atoms with Gasteiger partial charge >= 0.3 is 12.1 Å². The van der Waals surface area contributed by atoms with Gasteiger partial charge in [-0.1, -0.05) is 53.7 Å². The fourth-order valence-electron chi connectivity index (χ4n) is 3.83. The number of aromatic carboxylic acids is 1. The average Bonchev–Trinajstić information content (AvgIpc) is 3.41. The molecular weight excluding hydrogens is 426 g/mol. The zero-order valence-corrected chi connectivity index (χ0v) is 17.9. The van der Waals surface area contributed by atoms with E-state index in [1.807, 2.05) is 36.4 Å². The number of alkyl carbamates (subject to hydrolysis) is 1. The highest BCUT2D eigenvalue weighted by atomic mass is 16.5. The lowest BCUT2D eigenvalue weighted by molar-refractivity contribution is -0.122. The van der Waals surface area contributed by atoms with Crippen molar-refractivity contribution in [2.45, 2.75) is 25.4 Å². The van der Waals surface area contributed by atoms with Crippen LogP contribution in [0.1, 0.15) is 34.5 Å². The van der Waals surface area contributed by atoms with Gasteiger partial charge in [-0.3, -0.25) is 4.79 Å². The number of nitrogens with zero attached hydrogens (tertiary/aromatic N) is 3. The summed E-state index contributed by atoms with van der Waals surface area (Å²) in [7, 11) is 0. The SMILES string of the molecule is C[C@@H](NC(=O)OCC1c2ccccc2-c2ccccc21)C(=O)NCCn1cc(C(=O)O)nn1. The Hall–Kier alpha value is -4.21. The van der Waals surface area contributed by atoms with Crippen LogP contribution in [0, 0.1) is 0 Å². The van der Waals surface area contributed by atoms with Crippen LogP contribution < -0.4 is 10.6 Å². The molecule has 0 unspecified atom stereocenters. The van der Waals surface area contributed by atoms with Gasteiger partial charge in [-0.05, 0) is 29.2 Å². The smallest absolute Gasteiger partial charge is 0.407 e. The van der Waals surface area contributed by atoms with Gasteiger partial charge in [0, 0.05) is 12.5 Å². The Bertz CT molecular complexity index is 1150. The molecule has 0 saturated carbocycles. The topological polar surface area (TPSA) is 135 Å². The second-order valence-corrected chi connectivity index (χ2v) is 7.65. The molecule has 3 N–H and O–H groups in total. The Balaban J connectivity index is 1.25. The van der Waals surface area contributed by atoms with Gasteiger partial charge in [0.05, 0.1) is 12.7 Å². The van der Waals surface area contributed by atoms with Crippen molar-refractivity contribution in [3.8, 4) is 11.1 Å². The number of carbonyl (C=O) groups is 3. The zero-order valence-electron chi connectivity index (χ0n) is 17.9. The molecule has 0 spiro atoms. The molecule has 1 heterocycles. The second kappa shape index (κ2) is 9.51. The van der Waals surface area contributed by atoms with Crippen molar-refractivity contribution in [3.63, 3.8) is 0 Å². The van der Waals surface area contributed by atoms with E-state index < -0.39 is 24.0 Å². The molecule has 33 heavy (non-hydrogen) atoms. The zero-order chi connectivity index (χ0) is 23.4. The Morgan fingerprint density at radius 2 is 1.73 bits per heavy atom. The Kier molecular flexibility index (Phi) is 6.34. The van der Waals surface area contributed by atoms with Crippen LogP contribution in [-0.4, -0.2) is 57.3 Å². The van der Waals surface area contributed by atoms with Crippen LogP contribution in [0.25, 0.3) is 11.1 Å². The van der Waals surface area contributed by atoms with E-state index in [9.17, 15) is 14.4 Å². The summed E-state index contributed by atoms with van der Waals surface area (Å²) < 4.78 is 6.76. The van der Waals surface area contributed by atoms with Crippen LogP contribution in [0.4, 0.5) is 4.79 Å². The van der Waals surface area contributed by atoms with Gasteiger partial charge in [0.2, 0.25) is 5.91 Å². The largest absolute Gasteiger partial charge is 0.476 e. The van der Waals surface area contributed by atoms with E-state index in [4.69, 9.17) is 9.84 Å². The standard InChI is InChI=1S/C23H23N5O5/c1-14(21(29)24-10-11-28-12-20(22(30)31)26-27-28)25-23(32)33-13-19-17-8-4-2-6-15(17)16-7-3-5-9-18(16)19/h2-9,12,14,19H,10-11,13H2,1H3,(H,24,29)(H,25,32)(H,30,31)/t14-/m1/s1. The van der Waals surface area contributed by atoms with Gasteiger partial charge in [-0.15, -0.1) is 5.10 Å². The van der Waals surface area contributed by atoms with Crippen LogP contribution in [0.2, 0.25) is 0 Å². The molecular formula is C23H23N5O5. The Morgan fingerprint density at radius 3 is 2.33 bits per heavy atom. The number of aromatic nitrogens is 3. The number of hydrogen-bond acceptors (Lipinski definition) is 6. The van der Waals surface area contributed by atoms with E-state index in [1.165, 1.54) is 10.9 Å². The monoisotopic (exact) mass is 449 g/mol. The van der Waals surface area contributed by atoms with Gasteiger partial charge in [-0.25, -0.2) is 14.3 Å². The van der Waals surface area contributed by atoms with Crippen molar-refractivity contribution in [2.75, 3.05) is 13.2 Å². The number of amides is 2. The number of rotatable bonds is 8. The molecule has 1 aliphatic rings. The molecule has 0 radical (unpaired) electrons. The quantitative estimate of drug-likeness (QED) is 0.479. The van der Waals surface area contributed by atoms with E-state index in [1.54, 1.807) is 6.92 Å². The normalized spacial score (nSPS) is 13.0. The maximum Gasteiger partial charge on any atom is 0.407 e. The van der Waals surface area contributed by atoms with Crippen molar-refractivity contribution in [1.29, 1.82) is 0 Å². The lowest BCUT2D eigenvalue weighted by Gasteiger charge is -2.17. The lowest BCUT2D eigenvalue weighted by Crippen LogP contribution is -2.45. The van der Waals surface area contributed by atoms with E-state index >= 15 is 0 Å². The molecule has 0 bridgehead atoms. The fourth-order valence-corrected chi connectivity index (χ4v) is 3.83. The Morgan fingerprint density at radius 1 is 1.09 bits per heavy atom. The minimum Gasteiger partial charge on any atom is -0.476 e. The molecule has 4 rings (SSSR count). The van der Waals surface area contributed by atoms with E-state index in [0.29, 0.717) is 0 Å². The first-order chi connectivity index (χ1) is 15.9. The number of carboxylic acid groups (broad SMARTS) is 1. The predicted octanol–water partition coefficient (Wildman–Crippen LogP) is 2.02. The third-order valence-electron chi connectivity index (χ3n) is 5.47. The van der Waals surface area contributed by atoms with Crippen molar-refractivity contribution < 1.29 is 24.2 Å². The van der Waals surface area contributed by atoms with Crippen LogP contribution in [0.5, 0.6) is 0 Å². The molecule has 0 aliphatic heterocycles. The minimum absolute atomic E-state index is 0.0642. The van der Waals surface area contributed by atoms with Crippen molar-refractivity contribution in [3.05, 3.63) is 71.5 Å². The molecule has 3 aromatic rings. The highest BCUT2D eigenvalue weighted by Gasteiger charge is 2.29. The summed E-state index contributed by atoms with van der Waals surface area (Å²) in [4.78, 5) is 35.4. The molecule has 0 fully saturated rings. The van der Waals surface area contributed by atoms with E-state index in [-0.39, 0.29) is 31.3 Å². The molecule has 10 heteroatoms. The summed E-state index contributed by atoms with van der Waals surface area (Å²) >= 11 is 0. The van der Waals surface area contributed by atoms with Crippen molar-refractivity contribution in [2.24, 2.45) is 0 Å². The number of fused-ring (bicyclic) bond motifs is 3. The predicted molar refractivity (Wildman–Crippen MR) is 118 cm³/mol. The highest BCUT2D eigenvalue weighted by Crippen LogP contribution is 2.44. The summed E-state index contributed by atoms with van der Waals surface area (Å²) in [6.45, 7) is 2.14. The third-order valence-corrected chi connectivity index (χ3v) is 5.47. The van der Waals surface area contributed by atoms with Crippen LogP contribution in [0.3, 0.4) is 0 Å². The molecule has 2 amide bonds. The minimum atomic E-state index is -1.17. The Labute approximate surface area is 189 Å². The number of nitrogens with one attached hydrogen (secondary N) is 2. The number of carboxylic acids is 1. The van der Waals surface area contributed by atoms with Gasteiger partial charge in [-0.2, -0.15) is 0 Å². The molecule has 1 aliphatic carbocycles. The summed E-state index contributed by atoms with van der Waals surface area (Å²) in [6, 6.07) is 15.3. The number of benzene rings is 2. The summed E-state index contributed by atoms with van der Waals surface area (Å²) in [5.74, 6) is -1.64. The molecule has 1 aromatic heterocycles. The molecule has 2 aromatic carbocycles.